The average molecular weight is 288 g/mol. The molecule has 0 spiro atoms. The molecule has 1 unspecified atom stereocenters. The van der Waals surface area contributed by atoms with Crippen molar-refractivity contribution in [1.82, 2.24) is 9.97 Å². The first-order valence-corrected chi connectivity index (χ1v) is 6.87. The predicted octanol–water partition coefficient (Wildman–Crippen LogP) is 2.49. The summed E-state index contributed by atoms with van der Waals surface area (Å²) in [7, 11) is 0. The zero-order chi connectivity index (χ0) is 10.8. The van der Waals surface area contributed by atoms with E-state index in [0.29, 0.717) is 5.25 Å². The molecule has 0 N–H and O–H groups in total. The minimum absolute atomic E-state index is 0.688. The highest BCUT2D eigenvalue weighted by Crippen LogP contribution is 2.23. The fraction of sp³-hybridized carbons (Fsp3) is 0.600. The Kier molecular flexibility index (Phi) is 3.51. The molecule has 5 heteroatoms. The Balaban J connectivity index is 2.20. The first-order valence-electron chi connectivity index (χ1n) is 5.03. The maximum atomic E-state index is 4.47. The Morgan fingerprint density at radius 3 is 3.00 bits per heavy atom. The molecule has 0 aromatic carbocycles. The zero-order valence-corrected chi connectivity index (χ0v) is 11.3. The topological polar surface area (TPSA) is 29.0 Å². The quantitative estimate of drug-likeness (QED) is 0.742. The Morgan fingerprint density at radius 1 is 1.53 bits per heavy atom. The van der Waals surface area contributed by atoms with Gasteiger partial charge in [0.15, 0.2) is 0 Å². The van der Waals surface area contributed by atoms with E-state index in [0.717, 1.165) is 29.3 Å². The third-order valence-corrected chi connectivity index (χ3v) is 3.90. The molecule has 1 aromatic heterocycles. The number of rotatable bonds is 1. The lowest BCUT2D eigenvalue weighted by Crippen LogP contribution is -2.37. The van der Waals surface area contributed by atoms with Crippen LogP contribution in [0.2, 0.25) is 0 Å². The Bertz CT molecular complexity index is 338. The third kappa shape index (κ3) is 2.84. The fourth-order valence-electron chi connectivity index (χ4n) is 1.70. The first-order chi connectivity index (χ1) is 7.15. The highest BCUT2D eigenvalue weighted by atomic mass is 79.9. The zero-order valence-electron chi connectivity index (χ0n) is 8.90. The number of halogens is 1. The molecule has 2 heterocycles. The van der Waals surface area contributed by atoms with Gasteiger partial charge in [-0.25, -0.2) is 9.97 Å². The van der Waals surface area contributed by atoms with E-state index in [2.05, 4.69) is 37.7 Å². The third-order valence-electron chi connectivity index (χ3n) is 2.36. The smallest absolute Gasteiger partial charge is 0.133 e. The molecule has 2 rings (SSSR count). The van der Waals surface area contributed by atoms with Crippen LogP contribution in [-0.2, 0) is 0 Å². The summed E-state index contributed by atoms with van der Waals surface area (Å²) in [6, 6.07) is 2.00. The van der Waals surface area contributed by atoms with Crippen LogP contribution < -0.4 is 4.90 Å². The Hall–Kier alpha value is -0.290. The normalized spacial score (nSPS) is 21.8. The standard InChI is InChI=1S/C10H14BrN3S/c1-7-6-14(3-4-15-7)10-5-9(11)12-8(2)13-10/h5,7H,3-4,6H2,1-2H3. The molecule has 0 bridgehead atoms. The molecular weight excluding hydrogens is 274 g/mol. The van der Waals surface area contributed by atoms with E-state index in [4.69, 9.17) is 0 Å². The van der Waals surface area contributed by atoms with Gasteiger partial charge in [-0.3, -0.25) is 0 Å². The molecule has 0 aliphatic carbocycles. The van der Waals surface area contributed by atoms with Crippen molar-refractivity contribution in [2.45, 2.75) is 19.1 Å². The lowest BCUT2D eigenvalue weighted by Gasteiger charge is -2.31. The summed E-state index contributed by atoms with van der Waals surface area (Å²) in [5.41, 5.74) is 0. The molecule has 0 amide bonds. The highest BCUT2D eigenvalue weighted by Gasteiger charge is 2.18. The molecular formula is C10H14BrN3S. The fourth-order valence-corrected chi connectivity index (χ4v) is 3.18. The van der Waals surface area contributed by atoms with Crippen LogP contribution in [0.4, 0.5) is 5.82 Å². The van der Waals surface area contributed by atoms with Gasteiger partial charge in [0.1, 0.15) is 16.2 Å². The van der Waals surface area contributed by atoms with Crippen LogP contribution in [0.3, 0.4) is 0 Å². The van der Waals surface area contributed by atoms with Crippen LogP contribution >= 0.6 is 27.7 Å². The van der Waals surface area contributed by atoms with Gasteiger partial charge in [-0.2, -0.15) is 11.8 Å². The molecule has 82 valence electrons. The molecule has 3 nitrogen and oxygen atoms in total. The number of aromatic nitrogens is 2. The van der Waals surface area contributed by atoms with Crippen molar-refractivity contribution >= 4 is 33.5 Å². The van der Waals surface area contributed by atoms with E-state index in [9.17, 15) is 0 Å². The monoisotopic (exact) mass is 287 g/mol. The van der Waals surface area contributed by atoms with Gasteiger partial charge in [0.05, 0.1) is 0 Å². The van der Waals surface area contributed by atoms with Crippen LogP contribution in [0.15, 0.2) is 10.7 Å². The van der Waals surface area contributed by atoms with E-state index in [-0.39, 0.29) is 0 Å². The van der Waals surface area contributed by atoms with Gasteiger partial charge in [0.2, 0.25) is 0 Å². The number of aryl methyl sites for hydroxylation is 1. The maximum absolute atomic E-state index is 4.47. The number of hydrogen-bond donors (Lipinski definition) is 0. The van der Waals surface area contributed by atoms with Crippen molar-refractivity contribution in [2.75, 3.05) is 23.7 Å². The molecule has 1 atom stereocenters. The van der Waals surface area contributed by atoms with Crippen LogP contribution in [0.1, 0.15) is 12.7 Å². The van der Waals surface area contributed by atoms with Gasteiger partial charge in [-0.15, -0.1) is 0 Å². The van der Waals surface area contributed by atoms with Crippen molar-refractivity contribution < 1.29 is 0 Å². The summed E-state index contributed by atoms with van der Waals surface area (Å²) < 4.78 is 0.871. The highest BCUT2D eigenvalue weighted by molar-refractivity contribution is 9.10. The number of nitrogens with zero attached hydrogens (tertiary/aromatic N) is 3. The van der Waals surface area contributed by atoms with Crippen molar-refractivity contribution in [3.63, 3.8) is 0 Å². The van der Waals surface area contributed by atoms with Gasteiger partial charge in [-0.05, 0) is 22.9 Å². The van der Waals surface area contributed by atoms with E-state index in [1.54, 1.807) is 0 Å². The molecule has 1 saturated heterocycles. The van der Waals surface area contributed by atoms with E-state index in [1.165, 1.54) is 5.75 Å². The maximum Gasteiger partial charge on any atom is 0.133 e. The minimum Gasteiger partial charge on any atom is -0.355 e. The van der Waals surface area contributed by atoms with Gasteiger partial charge in [0.25, 0.3) is 0 Å². The van der Waals surface area contributed by atoms with Gasteiger partial charge < -0.3 is 4.90 Å². The lowest BCUT2D eigenvalue weighted by atomic mass is 10.3. The number of anilines is 1. The summed E-state index contributed by atoms with van der Waals surface area (Å²) >= 11 is 5.44. The number of thioether (sulfide) groups is 1. The largest absolute Gasteiger partial charge is 0.355 e. The second-order valence-electron chi connectivity index (χ2n) is 3.72. The van der Waals surface area contributed by atoms with Crippen molar-refractivity contribution in [1.29, 1.82) is 0 Å². The van der Waals surface area contributed by atoms with Crippen LogP contribution in [0, 0.1) is 6.92 Å². The van der Waals surface area contributed by atoms with Crippen molar-refractivity contribution in [3.05, 3.63) is 16.5 Å². The second kappa shape index (κ2) is 4.70. The van der Waals surface area contributed by atoms with E-state index in [1.807, 2.05) is 24.8 Å². The summed E-state index contributed by atoms with van der Waals surface area (Å²) in [5, 5.41) is 0.688. The molecule has 1 fully saturated rings. The number of hydrogen-bond acceptors (Lipinski definition) is 4. The van der Waals surface area contributed by atoms with Crippen LogP contribution in [0.25, 0.3) is 0 Å². The summed E-state index contributed by atoms with van der Waals surface area (Å²) in [5.74, 6) is 3.05. The Labute approximate surface area is 103 Å². The summed E-state index contributed by atoms with van der Waals surface area (Å²) in [6.07, 6.45) is 0. The molecule has 1 aliphatic rings. The average Bonchev–Trinajstić information content (AvgIpc) is 2.16. The predicted molar refractivity (Wildman–Crippen MR) is 68.6 cm³/mol. The first kappa shape index (κ1) is 11.2. The molecule has 1 aromatic rings. The van der Waals surface area contributed by atoms with Gasteiger partial charge in [-0.1, -0.05) is 6.92 Å². The Morgan fingerprint density at radius 2 is 2.33 bits per heavy atom. The second-order valence-corrected chi connectivity index (χ2v) is 6.08. The lowest BCUT2D eigenvalue weighted by molar-refractivity contribution is 0.763. The molecule has 0 radical (unpaired) electrons. The van der Waals surface area contributed by atoms with E-state index < -0.39 is 0 Å². The molecule has 15 heavy (non-hydrogen) atoms. The van der Waals surface area contributed by atoms with Crippen LogP contribution in [0.5, 0.6) is 0 Å². The van der Waals surface area contributed by atoms with Crippen LogP contribution in [-0.4, -0.2) is 34.1 Å². The van der Waals surface area contributed by atoms with Crippen molar-refractivity contribution in [2.24, 2.45) is 0 Å². The van der Waals surface area contributed by atoms with Crippen molar-refractivity contribution in [3.8, 4) is 0 Å². The molecule has 1 aliphatic heterocycles. The summed E-state index contributed by atoms with van der Waals surface area (Å²) in [4.78, 5) is 11.0. The van der Waals surface area contributed by atoms with E-state index >= 15 is 0 Å². The minimum atomic E-state index is 0.688. The summed E-state index contributed by atoms with van der Waals surface area (Å²) in [6.45, 7) is 6.35. The SMILES string of the molecule is Cc1nc(Br)cc(N2CCSC(C)C2)n1. The van der Waals surface area contributed by atoms with Gasteiger partial charge in [0, 0.05) is 30.2 Å². The van der Waals surface area contributed by atoms with Gasteiger partial charge >= 0.3 is 0 Å². The molecule has 0 saturated carbocycles.